The first-order chi connectivity index (χ1) is 7.06. The minimum atomic E-state index is -0.0705. The van der Waals surface area contributed by atoms with Crippen molar-refractivity contribution in [3.8, 4) is 0 Å². The Balaban J connectivity index is 3.01. The molecule has 0 aliphatic heterocycles. The summed E-state index contributed by atoms with van der Waals surface area (Å²) in [7, 11) is 0. The van der Waals surface area contributed by atoms with Crippen LogP contribution in [0.5, 0.6) is 0 Å². The van der Waals surface area contributed by atoms with Crippen molar-refractivity contribution in [2.24, 2.45) is 5.73 Å². The van der Waals surface area contributed by atoms with Gasteiger partial charge in [-0.1, -0.05) is 23.2 Å². The van der Waals surface area contributed by atoms with Gasteiger partial charge in [-0.15, -0.1) is 0 Å². The summed E-state index contributed by atoms with van der Waals surface area (Å²) in [6, 6.07) is 5.05. The second-order valence-electron chi connectivity index (χ2n) is 3.06. The van der Waals surface area contributed by atoms with Crippen LogP contribution in [0.3, 0.4) is 0 Å². The Morgan fingerprint density at radius 1 is 1.40 bits per heavy atom. The Hall–Kier alpha value is -0.770. The molecule has 3 nitrogen and oxygen atoms in total. The molecule has 0 fully saturated rings. The number of nitrogens with zero attached hydrogens (tertiary/aromatic N) is 1. The van der Waals surface area contributed by atoms with Crippen LogP contribution in [0, 0.1) is 0 Å². The number of nitrogens with two attached hydrogens (primary N) is 1. The zero-order chi connectivity index (χ0) is 11.4. The van der Waals surface area contributed by atoms with Crippen molar-refractivity contribution < 1.29 is 4.79 Å². The quantitative estimate of drug-likeness (QED) is 0.890. The number of rotatable bonds is 3. The second kappa shape index (κ2) is 5.35. The molecule has 0 heterocycles. The van der Waals surface area contributed by atoms with Crippen LogP contribution in [-0.2, 0) is 4.79 Å². The van der Waals surface area contributed by atoms with Crippen LogP contribution in [0.15, 0.2) is 18.2 Å². The molecule has 0 aromatic heterocycles. The van der Waals surface area contributed by atoms with Crippen LogP contribution in [0.2, 0.25) is 10.0 Å². The van der Waals surface area contributed by atoms with E-state index in [1.807, 2.05) is 0 Å². The molecule has 2 N–H and O–H groups in total. The Kier molecular flexibility index (Phi) is 4.39. The Morgan fingerprint density at radius 3 is 2.53 bits per heavy atom. The van der Waals surface area contributed by atoms with Crippen molar-refractivity contribution in [3.63, 3.8) is 0 Å². The van der Waals surface area contributed by atoms with Gasteiger partial charge in [0.05, 0.1) is 10.0 Å². The molecule has 1 aromatic rings. The summed E-state index contributed by atoms with van der Waals surface area (Å²) in [6.07, 6.45) is 0. The summed E-state index contributed by atoms with van der Waals surface area (Å²) >= 11 is 11.6. The lowest BCUT2D eigenvalue weighted by Gasteiger charge is -2.20. The zero-order valence-electron chi connectivity index (χ0n) is 8.34. The Morgan fingerprint density at radius 2 is 2.07 bits per heavy atom. The van der Waals surface area contributed by atoms with Gasteiger partial charge in [0.25, 0.3) is 0 Å². The molecular formula is C10H12Cl2N2O. The number of amides is 1. The predicted molar refractivity (Wildman–Crippen MR) is 63.5 cm³/mol. The van der Waals surface area contributed by atoms with Gasteiger partial charge in [-0.2, -0.15) is 0 Å². The monoisotopic (exact) mass is 246 g/mol. The standard InChI is InChI=1S/C10H12Cl2N2O/c1-7(15)14(5-4-13)8-2-3-9(11)10(12)6-8/h2-3,6H,4-5,13H2,1H3. The van der Waals surface area contributed by atoms with E-state index >= 15 is 0 Å². The summed E-state index contributed by atoms with van der Waals surface area (Å²) in [5.41, 5.74) is 6.13. The van der Waals surface area contributed by atoms with Crippen molar-refractivity contribution in [3.05, 3.63) is 28.2 Å². The third-order valence-electron chi connectivity index (χ3n) is 1.95. The number of hydrogen-bond donors (Lipinski definition) is 1. The van der Waals surface area contributed by atoms with E-state index in [9.17, 15) is 4.79 Å². The third kappa shape index (κ3) is 3.09. The maximum absolute atomic E-state index is 11.3. The van der Waals surface area contributed by atoms with Crippen molar-refractivity contribution in [2.45, 2.75) is 6.92 Å². The molecule has 0 aliphatic carbocycles. The van der Waals surface area contributed by atoms with Crippen molar-refractivity contribution in [1.82, 2.24) is 0 Å². The maximum atomic E-state index is 11.3. The van der Waals surface area contributed by atoms with Crippen LogP contribution in [-0.4, -0.2) is 19.0 Å². The average Bonchev–Trinajstić information content (AvgIpc) is 2.18. The van der Waals surface area contributed by atoms with Crippen LogP contribution in [0.1, 0.15) is 6.92 Å². The van der Waals surface area contributed by atoms with E-state index in [-0.39, 0.29) is 5.91 Å². The van der Waals surface area contributed by atoms with Gasteiger partial charge in [0.2, 0.25) is 5.91 Å². The lowest BCUT2D eigenvalue weighted by molar-refractivity contribution is -0.116. The van der Waals surface area contributed by atoms with E-state index in [1.54, 1.807) is 23.1 Å². The zero-order valence-corrected chi connectivity index (χ0v) is 9.85. The summed E-state index contributed by atoms with van der Waals surface area (Å²) in [4.78, 5) is 12.9. The first-order valence-electron chi connectivity index (χ1n) is 4.49. The average molecular weight is 247 g/mol. The maximum Gasteiger partial charge on any atom is 0.223 e. The molecular weight excluding hydrogens is 235 g/mol. The van der Waals surface area contributed by atoms with Gasteiger partial charge in [0.1, 0.15) is 0 Å². The molecule has 1 aromatic carbocycles. The van der Waals surface area contributed by atoms with Gasteiger partial charge in [0, 0.05) is 25.7 Å². The summed E-state index contributed by atoms with van der Waals surface area (Å²) < 4.78 is 0. The van der Waals surface area contributed by atoms with E-state index in [1.165, 1.54) is 6.92 Å². The third-order valence-corrected chi connectivity index (χ3v) is 2.69. The summed E-state index contributed by atoms with van der Waals surface area (Å²) in [5, 5.41) is 0.897. The molecule has 0 saturated carbocycles. The minimum Gasteiger partial charge on any atom is -0.329 e. The number of halogens is 2. The van der Waals surface area contributed by atoms with Gasteiger partial charge < -0.3 is 10.6 Å². The first-order valence-corrected chi connectivity index (χ1v) is 5.25. The van der Waals surface area contributed by atoms with Crippen LogP contribution >= 0.6 is 23.2 Å². The van der Waals surface area contributed by atoms with E-state index in [0.717, 1.165) is 0 Å². The molecule has 1 amide bonds. The molecule has 0 atom stereocenters. The van der Waals surface area contributed by atoms with E-state index in [4.69, 9.17) is 28.9 Å². The second-order valence-corrected chi connectivity index (χ2v) is 3.87. The number of carbonyl (C=O) groups is 1. The fourth-order valence-corrected chi connectivity index (χ4v) is 1.54. The van der Waals surface area contributed by atoms with Crippen molar-refractivity contribution >= 4 is 34.8 Å². The van der Waals surface area contributed by atoms with Crippen LogP contribution in [0.4, 0.5) is 5.69 Å². The molecule has 0 unspecified atom stereocenters. The smallest absolute Gasteiger partial charge is 0.223 e. The highest BCUT2D eigenvalue weighted by Gasteiger charge is 2.11. The highest BCUT2D eigenvalue weighted by atomic mass is 35.5. The number of hydrogen-bond acceptors (Lipinski definition) is 2. The van der Waals surface area contributed by atoms with Gasteiger partial charge in [-0.3, -0.25) is 4.79 Å². The molecule has 0 spiro atoms. The number of anilines is 1. The molecule has 0 aliphatic rings. The largest absolute Gasteiger partial charge is 0.329 e. The highest BCUT2D eigenvalue weighted by Crippen LogP contribution is 2.27. The lowest BCUT2D eigenvalue weighted by atomic mass is 10.3. The van der Waals surface area contributed by atoms with Crippen molar-refractivity contribution in [1.29, 1.82) is 0 Å². The summed E-state index contributed by atoms with van der Waals surface area (Å²) in [6.45, 7) is 2.35. The van der Waals surface area contributed by atoms with Gasteiger partial charge >= 0.3 is 0 Å². The lowest BCUT2D eigenvalue weighted by Crippen LogP contribution is -2.33. The molecule has 0 radical (unpaired) electrons. The molecule has 5 heteroatoms. The SMILES string of the molecule is CC(=O)N(CCN)c1ccc(Cl)c(Cl)c1. The normalized spacial score (nSPS) is 10.1. The fourth-order valence-electron chi connectivity index (χ4n) is 1.25. The first kappa shape index (κ1) is 12.3. The van der Waals surface area contributed by atoms with Crippen LogP contribution < -0.4 is 10.6 Å². The van der Waals surface area contributed by atoms with E-state index in [0.29, 0.717) is 28.8 Å². The Labute approximate surface area is 98.8 Å². The van der Waals surface area contributed by atoms with Gasteiger partial charge in [0.15, 0.2) is 0 Å². The highest BCUT2D eigenvalue weighted by molar-refractivity contribution is 6.42. The topological polar surface area (TPSA) is 46.3 Å². The van der Waals surface area contributed by atoms with Gasteiger partial charge in [-0.25, -0.2) is 0 Å². The minimum absolute atomic E-state index is 0.0705. The molecule has 1 rings (SSSR count). The molecule has 0 bridgehead atoms. The Bertz CT molecular complexity index is 368. The number of carbonyl (C=O) groups excluding carboxylic acids is 1. The summed E-state index contributed by atoms with van der Waals surface area (Å²) in [5.74, 6) is -0.0705. The predicted octanol–water partition coefficient (Wildman–Crippen LogP) is 2.31. The molecule has 15 heavy (non-hydrogen) atoms. The van der Waals surface area contributed by atoms with Gasteiger partial charge in [-0.05, 0) is 18.2 Å². The van der Waals surface area contributed by atoms with E-state index in [2.05, 4.69) is 0 Å². The molecule has 0 saturated heterocycles. The van der Waals surface area contributed by atoms with Crippen LogP contribution in [0.25, 0.3) is 0 Å². The molecule has 82 valence electrons. The van der Waals surface area contributed by atoms with E-state index < -0.39 is 0 Å². The fraction of sp³-hybridized carbons (Fsp3) is 0.300. The van der Waals surface area contributed by atoms with Crippen molar-refractivity contribution in [2.75, 3.05) is 18.0 Å². The number of benzene rings is 1.